The quantitative estimate of drug-likeness (QED) is 0.816. The molecule has 1 aromatic heterocycles. The molecule has 1 aromatic rings. The van der Waals surface area contributed by atoms with Gasteiger partial charge in [-0.15, -0.1) is 0 Å². The van der Waals surface area contributed by atoms with E-state index in [-0.39, 0.29) is 18.9 Å². The van der Waals surface area contributed by atoms with Crippen molar-refractivity contribution in [2.75, 3.05) is 13.1 Å². The van der Waals surface area contributed by atoms with E-state index in [1.807, 2.05) is 4.57 Å². The maximum atomic E-state index is 12.5. The van der Waals surface area contributed by atoms with Crippen LogP contribution < -0.4 is 0 Å². The topological polar surface area (TPSA) is 95.7 Å². The highest BCUT2D eigenvalue weighted by atomic mass is 16.4. The molecule has 1 fully saturated rings. The minimum absolute atomic E-state index is 0.172. The van der Waals surface area contributed by atoms with Gasteiger partial charge in [-0.3, -0.25) is 4.79 Å². The summed E-state index contributed by atoms with van der Waals surface area (Å²) in [6.07, 6.45) is 5.41. The number of aromatic nitrogens is 2. The van der Waals surface area contributed by atoms with Crippen LogP contribution in [-0.4, -0.2) is 55.2 Å². The summed E-state index contributed by atoms with van der Waals surface area (Å²) in [4.78, 5) is 29.4. The number of β-amino-alcohol motifs (C(OH)–C–C–N with tert-alkyl or cyclic N) is 1. The molecular formula is C14H19N3O4. The Bertz CT molecular complexity index is 559. The van der Waals surface area contributed by atoms with Gasteiger partial charge in [0.05, 0.1) is 6.54 Å². The zero-order valence-corrected chi connectivity index (χ0v) is 11.8. The fourth-order valence-corrected chi connectivity index (χ4v) is 3.06. The minimum atomic E-state index is -1.84. The first-order valence-corrected chi connectivity index (χ1v) is 7.31. The summed E-state index contributed by atoms with van der Waals surface area (Å²) in [6.45, 7) is 1.15. The fourth-order valence-electron chi connectivity index (χ4n) is 3.06. The highest BCUT2D eigenvalue weighted by molar-refractivity contribution is 5.93. The Morgan fingerprint density at radius 3 is 2.76 bits per heavy atom. The third kappa shape index (κ3) is 2.53. The van der Waals surface area contributed by atoms with E-state index in [2.05, 4.69) is 4.98 Å². The number of likely N-dealkylation sites (tertiary alicyclic amines) is 1. The molecule has 7 nitrogen and oxygen atoms in total. The van der Waals surface area contributed by atoms with E-state index in [9.17, 15) is 14.7 Å². The molecular weight excluding hydrogens is 274 g/mol. The lowest BCUT2D eigenvalue weighted by molar-refractivity contribution is -0.163. The molecule has 3 rings (SSSR count). The van der Waals surface area contributed by atoms with Crippen molar-refractivity contribution in [1.82, 2.24) is 14.5 Å². The van der Waals surface area contributed by atoms with Crippen LogP contribution >= 0.6 is 0 Å². The number of amides is 1. The maximum Gasteiger partial charge on any atom is 0.337 e. The number of piperidine rings is 1. The number of hydrogen-bond acceptors (Lipinski definition) is 4. The second-order valence-electron chi connectivity index (χ2n) is 5.86. The van der Waals surface area contributed by atoms with Crippen LogP contribution in [0.5, 0.6) is 0 Å². The summed E-state index contributed by atoms with van der Waals surface area (Å²) >= 11 is 0. The van der Waals surface area contributed by atoms with Crippen molar-refractivity contribution >= 4 is 11.9 Å². The van der Waals surface area contributed by atoms with Crippen molar-refractivity contribution in [3.63, 3.8) is 0 Å². The van der Waals surface area contributed by atoms with Gasteiger partial charge in [0, 0.05) is 25.7 Å². The van der Waals surface area contributed by atoms with Crippen LogP contribution in [0.1, 0.15) is 42.0 Å². The van der Waals surface area contributed by atoms with Gasteiger partial charge in [-0.25, -0.2) is 9.78 Å². The van der Waals surface area contributed by atoms with E-state index in [0.29, 0.717) is 18.7 Å². The van der Waals surface area contributed by atoms with Crippen LogP contribution in [0.3, 0.4) is 0 Å². The van der Waals surface area contributed by atoms with Gasteiger partial charge in [0.1, 0.15) is 11.5 Å². The van der Waals surface area contributed by atoms with Gasteiger partial charge in [-0.2, -0.15) is 0 Å². The number of imidazole rings is 1. The summed E-state index contributed by atoms with van der Waals surface area (Å²) in [5.41, 5.74) is -1.49. The van der Waals surface area contributed by atoms with E-state index in [0.717, 1.165) is 31.6 Å². The molecule has 2 N–H and O–H groups in total. The van der Waals surface area contributed by atoms with E-state index >= 15 is 0 Å². The Balaban J connectivity index is 1.78. The monoisotopic (exact) mass is 293 g/mol. The summed E-state index contributed by atoms with van der Waals surface area (Å²) in [5, 5.41) is 19.2. The first-order chi connectivity index (χ1) is 9.99. The summed E-state index contributed by atoms with van der Waals surface area (Å²) in [5.74, 6) is -0.657. The molecule has 3 heterocycles. The number of carboxylic acids is 1. The molecule has 2 aliphatic rings. The third-order valence-electron chi connectivity index (χ3n) is 4.28. The number of hydrogen-bond donors (Lipinski definition) is 2. The number of nitrogens with zero attached hydrogens (tertiary/aromatic N) is 3. The normalized spacial score (nSPS) is 25.5. The third-order valence-corrected chi connectivity index (χ3v) is 4.28. The molecule has 114 valence electrons. The number of rotatable bonds is 2. The highest BCUT2D eigenvalue weighted by Crippen LogP contribution is 2.23. The van der Waals surface area contributed by atoms with E-state index in [1.165, 1.54) is 4.90 Å². The van der Waals surface area contributed by atoms with Gasteiger partial charge < -0.3 is 19.7 Å². The van der Waals surface area contributed by atoms with E-state index in [4.69, 9.17) is 5.11 Å². The van der Waals surface area contributed by atoms with E-state index in [1.54, 1.807) is 6.20 Å². The molecule has 21 heavy (non-hydrogen) atoms. The number of carbonyl (C=O) groups excluding carboxylic acids is 1. The number of fused-ring (bicyclic) bond motifs is 1. The zero-order valence-electron chi connectivity index (χ0n) is 11.8. The minimum Gasteiger partial charge on any atom is -0.479 e. The van der Waals surface area contributed by atoms with E-state index < -0.39 is 11.6 Å². The second kappa shape index (κ2) is 5.14. The number of aryl methyl sites for hydroxylation is 2. The second-order valence-corrected chi connectivity index (χ2v) is 5.86. The summed E-state index contributed by atoms with van der Waals surface area (Å²) in [7, 11) is 0. The molecule has 0 bridgehead atoms. The molecule has 1 unspecified atom stereocenters. The molecule has 0 radical (unpaired) electrons. The molecule has 0 aromatic carbocycles. The van der Waals surface area contributed by atoms with Crippen LogP contribution in [0.25, 0.3) is 0 Å². The highest BCUT2D eigenvalue weighted by Gasteiger charge is 2.42. The first-order valence-electron chi connectivity index (χ1n) is 7.31. The number of aliphatic hydroxyl groups is 1. The summed E-state index contributed by atoms with van der Waals surface area (Å²) in [6, 6.07) is 0. The molecule has 0 aliphatic carbocycles. The van der Waals surface area contributed by atoms with Gasteiger partial charge in [-0.05, 0) is 25.7 Å². The van der Waals surface area contributed by atoms with Crippen molar-refractivity contribution in [1.29, 1.82) is 0 Å². The molecule has 2 aliphatic heterocycles. The Kier molecular flexibility index (Phi) is 3.44. The van der Waals surface area contributed by atoms with Crippen LogP contribution in [0.15, 0.2) is 6.20 Å². The average Bonchev–Trinajstić information content (AvgIpc) is 2.90. The van der Waals surface area contributed by atoms with Crippen LogP contribution in [0.4, 0.5) is 0 Å². The lowest BCUT2D eigenvalue weighted by atomic mass is 9.93. The molecule has 1 amide bonds. The number of carbonyl (C=O) groups is 2. The largest absolute Gasteiger partial charge is 0.479 e. The van der Waals surface area contributed by atoms with Gasteiger partial charge in [0.15, 0.2) is 5.60 Å². The van der Waals surface area contributed by atoms with Crippen LogP contribution in [0.2, 0.25) is 0 Å². The van der Waals surface area contributed by atoms with Crippen molar-refractivity contribution in [3.05, 3.63) is 17.7 Å². The maximum absolute atomic E-state index is 12.5. The zero-order chi connectivity index (χ0) is 15.0. The van der Waals surface area contributed by atoms with Crippen LogP contribution in [0, 0.1) is 0 Å². The van der Waals surface area contributed by atoms with Gasteiger partial charge in [0.25, 0.3) is 5.91 Å². The SMILES string of the molecule is O=C(c1cn2c(n1)CCCC2)N1CCCC(O)(C(=O)O)C1. The summed E-state index contributed by atoms with van der Waals surface area (Å²) < 4.78 is 1.99. The Morgan fingerprint density at radius 2 is 2.05 bits per heavy atom. The smallest absolute Gasteiger partial charge is 0.337 e. The molecule has 7 heteroatoms. The molecule has 1 saturated heterocycles. The van der Waals surface area contributed by atoms with Gasteiger partial charge in [-0.1, -0.05) is 0 Å². The molecule has 0 saturated carbocycles. The lowest BCUT2D eigenvalue weighted by Gasteiger charge is -2.35. The Hall–Kier alpha value is -1.89. The molecule has 1 atom stereocenters. The van der Waals surface area contributed by atoms with Crippen LogP contribution in [-0.2, 0) is 17.8 Å². The Morgan fingerprint density at radius 1 is 1.24 bits per heavy atom. The van der Waals surface area contributed by atoms with Crippen molar-refractivity contribution in [2.24, 2.45) is 0 Å². The first kappa shape index (κ1) is 14.1. The van der Waals surface area contributed by atoms with Crippen molar-refractivity contribution in [3.8, 4) is 0 Å². The predicted molar refractivity (Wildman–Crippen MR) is 72.9 cm³/mol. The van der Waals surface area contributed by atoms with Crippen molar-refractivity contribution < 1.29 is 19.8 Å². The fraction of sp³-hybridized carbons (Fsp3) is 0.643. The van der Waals surface area contributed by atoms with Gasteiger partial charge in [0.2, 0.25) is 0 Å². The Labute approximate surface area is 122 Å². The van der Waals surface area contributed by atoms with Gasteiger partial charge >= 0.3 is 5.97 Å². The molecule has 0 spiro atoms. The standard InChI is InChI=1S/C14H19N3O4/c18-12(10-8-16-6-2-1-4-11(16)15-10)17-7-3-5-14(21,9-17)13(19)20/h8,21H,1-7,9H2,(H,19,20). The number of aliphatic carboxylic acids is 1. The predicted octanol–water partition coefficient (Wildman–Crippen LogP) is 0.271. The average molecular weight is 293 g/mol. The van der Waals surface area contributed by atoms with Crippen molar-refractivity contribution in [2.45, 2.75) is 44.2 Å². The number of carboxylic acid groups (broad SMARTS) is 1. The lowest BCUT2D eigenvalue weighted by Crippen LogP contribution is -2.54.